The number of carbonyl (C=O) groups excluding carboxylic acids is 1. The number of methoxy groups -OCH3 is 1. The van der Waals surface area contributed by atoms with Gasteiger partial charge < -0.3 is 14.8 Å². The maximum absolute atomic E-state index is 14.0. The van der Waals surface area contributed by atoms with Crippen LogP contribution in [0.4, 0.5) is 4.39 Å². The molecule has 0 aliphatic carbocycles. The fraction of sp³-hybridized carbons (Fsp3) is 0.167. The van der Waals surface area contributed by atoms with Crippen LogP contribution in [-0.2, 0) is 16.1 Å². The molecule has 1 N–H and O–H groups in total. The van der Waals surface area contributed by atoms with Gasteiger partial charge in [-0.2, -0.15) is 10.4 Å². The van der Waals surface area contributed by atoms with E-state index in [9.17, 15) is 14.4 Å². The summed E-state index contributed by atoms with van der Waals surface area (Å²) >= 11 is 0. The Morgan fingerprint density at radius 1 is 1.11 bits per heavy atom. The second-order valence-electron chi connectivity index (χ2n) is 8.39. The molecule has 0 unspecified atom stereocenters. The molecule has 4 aromatic rings. The molecule has 38 heavy (non-hydrogen) atoms. The Morgan fingerprint density at radius 3 is 2.66 bits per heavy atom. The van der Waals surface area contributed by atoms with Gasteiger partial charge in [-0.3, -0.25) is 4.79 Å². The number of hydrogen-bond donors (Lipinski definition) is 1. The third kappa shape index (κ3) is 6.72. The first-order valence-electron chi connectivity index (χ1n) is 12.1. The van der Waals surface area contributed by atoms with E-state index in [0.29, 0.717) is 42.1 Å². The second kappa shape index (κ2) is 13.0. The van der Waals surface area contributed by atoms with E-state index in [2.05, 4.69) is 5.32 Å². The number of benzene rings is 3. The van der Waals surface area contributed by atoms with Crippen LogP contribution in [0.3, 0.4) is 0 Å². The van der Waals surface area contributed by atoms with Crippen LogP contribution >= 0.6 is 0 Å². The number of ether oxygens (including phenoxy) is 2. The third-order valence-corrected chi connectivity index (χ3v) is 5.70. The van der Waals surface area contributed by atoms with Crippen LogP contribution in [-0.4, -0.2) is 35.9 Å². The van der Waals surface area contributed by atoms with Crippen molar-refractivity contribution in [1.82, 2.24) is 15.1 Å². The minimum atomic E-state index is -0.469. The van der Waals surface area contributed by atoms with Gasteiger partial charge in [-0.15, -0.1) is 0 Å². The number of halogens is 1. The maximum atomic E-state index is 14.0. The van der Waals surface area contributed by atoms with E-state index in [4.69, 9.17) is 14.6 Å². The van der Waals surface area contributed by atoms with Crippen LogP contribution in [0, 0.1) is 17.1 Å². The zero-order chi connectivity index (χ0) is 26.7. The van der Waals surface area contributed by atoms with Crippen LogP contribution in [0.25, 0.3) is 23.0 Å². The largest absolute Gasteiger partial charge is 0.489 e. The lowest BCUT2D eigenvalue weighted by Crippen LogP contribution is -2.26. The van der Waals surface area contributed by atoms with E-state index in [1.54, 1.807) is 48.3 Å². The molecule has 0 spiro atoms. The molecule has 192 valence electrons. The molecule has 1 heterocycles. The third-order valence-electron chi connectivity index (χ3n) is 5.70. The summed E-state index contributed by atoms with van der Waals surface area (Å²) in [5.74, 6) is -0.266. The standard InChI is InChI=1S/C30H27FN4O3/c1-37-16-8-15-33-30(36)24(19-32)17-25-20-35(26-11-3-2-4-12-26)34-29(25)22-10-7-13-27(18-22)38-21-23-9-5-6-14-28(23)31/h2-7,9-14,17-18,20H,8,15-16,21H2,1H3,(H,33,36). The number of amides is 1. The number of para-hydroxylation sites is 1. The first kappa shape index (κ1) is 26.3. The molecule has 0 fully saturated rings. The molecule has 8 heteroatoms. The van der Waals surface area contributed by atoms with Crippen molar-refractivity contribution in [2.24, 2.45) is 0 Å². The summed E-state index contributed by atoms with van der Waals surface area (Å²) in [7, 11) is 1.59. The number of nitrogens with one attached hydrogen (secondary N) is 1. The molecular weight excluding hydrogens is 483 g/mol. The van der Waals surface area contributed by atoms with Gasteiger partial charge in [-0.25, -0.2) is 9.07 Å². The molecule has 3 aromatic carbocycles. The van der Waals surface area contributed by atoms with E-state index < -0.39 is 5.91 Å². The molecule has 0 saturated heterocycles. The number of aromatic nitrogens is 2. The number of carbonyl (C=O) groups is 1. The lowest BCUT2D eigenvalue weighted by Gasteiger charge is -2.09. The summed E-state index contributed by atoms with van der Waals surface area (Å²) in [5, 5.41) is 17.2. The van der Waals surface area contributed by atoms with Crippen LogP contribution in [0.5, 0.6) is 5.75 Å². The molecule has 0 radical (unpaired) electrons. The van der Waals surface area contributed by atoms with E-state index in [0.717, 1.165) is 11.3 Å². The average Bonchev–Trinajstić information content (AvgIpc) is 3.38. The Hall–Kier alpha value is -4.74. The summed E-state index contributed by atoms with van der Waals surface area (Å²) in [6, 6.07) is 25.2. The van der Waals surface area contributed by atoms with Gasteiger partial charge in [0.25, 0.3) is 5.91 Å². The number of rotatable bonds is 11. The van der Waals surface area contributed by atoms with Gasteiger partial charge >= 0.3 is 0 Å². The van der Waals surface area contributed by atoms with Gasteiger partial charge in [0, 0.05) is 43.1 Å². The highest BCUT2D eigenvalue weighted by Crippen LogP contribution is 2.29. The van der Waals surface area contributed by atoms with Crippen molar-refractivity contribution < 1.29 is 18.7 Å². The topological polar surface area (TPSA) is 89.2 Å². The molecule has 0 saturated carbocycles. The number of nitrogens with zero attached hydrogens (tertiary/aromatic N) is 3. The molecule has 0 aliphatic rings. The smallest absolute Gasteiger partial charge is 0.261 e. The van der Waals surface area contributed by atoms with Crippen LogP contribution in [0.2, 0.25) is 0 Å². The molecule has 4 rings (SSSR count). The highest BCUT2D eigenvalue weighted by atomic mass is 19.1. The minimum absolute atomic E-state index is 0.0387. The Kier molecular flexibility index (Phi) is 9.00. The van der Waals surface area contributed by atoms with Gasteiger partial charge in [0.05, 0.1) is 5.69 Å². The predicted molar refractivity (Wildman–Crippen MR) is 143 cm³/mol. The zero-order valence-corrected chi connectivity index (χ0v) is 20.9. The summed E-state index contributed by atoms with van der Waals surface area (Å²) in [5.41, 5.74) is 3.10. The van der Waals surface area contributed by atoms with E-state index in [1.807, 2.05) is 48.5 Å². The lowest BCUT2D eigenvalue weighted by molar-refractivity contribution is -0.117. The lowest BCUT2D eigenvalue weighted by atomic mass is 10.1. The quantitative estimate of drug-likeness (QED) is 0.168. The first-order valence-corrected chi connectivity index (χ1v) is 12.1. The van der Waals surface area contributed by atoms with Crippen molar-refractivity contribution in [2.45, 2.75) is 13.0 Å². The Balaban J connectivity index is 1.66. The van der Waals surface area contributed by atoms with Gasteiger partial charge in [0.2, 0.25) is 0 Å². The second-order valence-corrected chi connectivity index (χ2v) is 8.39. The van der Waals surface area contributed by atoms with Gasteiger partial charge in [-0.1, -0.05) is 48.5 Å². The summed E-state index contributed by atoms with van der Waals surface area (Å²) in [4.78, 5) is 12.6. The molecule has 0 aliphatic heterocycles. The van der Waals surface area contributed by atoms with Crippen molar-refractivity contribution in [3.8, 4) is 28.8 Å². The fourth-order valence-electron chi connectivity index (χ4n) is 3.76. The fourth-order valence-corrected chi connectivity index (χ4v) is 3.76. The van der Waals surface area contributed by atoms with E-state index in [-0.39, 0.29) is 18.0 Å². The summed E-state index contributed by atoms with van der Waals surface area (Å²) < 4.78 is 26.6. The van der Waals surface area contributed by atoms with Gasteiger partial charge in [0.1, 0.15) is 35.5 Å². The Morgan fingerprint density at radius 2 is 1.89 bits per heavy atom. The highest BCUT2D eigenvalue weighted by Gasteiger charge is 2.16. The van der Waals surface area contributed by atoms with Crippen molar-refractivity contribution in [3.05, 3.63) is 108 Å². The van der Waals surface area contributed by atoms with Crippen molar-refractivity contribution in [1.29, 1.82) is 5.26 Å². The average molecular weight is 511 g/mol. The van der Waals surface area contributed by atoms with Crippen molar-refractivity contribution in [2.75, 3.05) is 20.3 Å². The predicted octanol–water partition coefficient (Wildman–Crippen LogP) is 5.32. The molecule has 7 nitrogen and oxygen atoms in total. The van der Waals surface area contributed by atoms with E-state index >= 15 is 0 Å². The van der Waals surface area contributed by atoms with Crippen LogP contribution in [0.15, 0.2) is 90.6 Å². The van der Waals surface area contributed by atoms with Crippen molar-refractivity contribution in [3.63, 3.8) is 0 Å². The maximum Gasteiger partial charge on any atom is 0.261 e. The first-order chi connectivity index (χ1) is 18.6. The van der Waals surface area contributed by atoms with Crippen molar-refractivity contribution >= 4 is 12.0 Å². The normalized spacial score (nSPS) is 11.1. The molecule has 0 atom stereocenters. The Bertz CT molecular complexity index is 1460. The molecule has 0 bridgehead atoms. The number of nitriles is 1. The highest BCUT2D eigenvalue weighted by molar-refractivity contribution is 6.02. The molecule has 1 amide bonds. The van der Waals surface area contributed by atoms with E-state index in [1.165, 1.54) is 12.1 Å². The van der Waals surface area contributed by atoms with Gasteiger partial charge in [0.15, 0.2) is 0 Å². The minimum Gasteiger partial charge on any atom is -0.489 e. The monoisotopic (exact) mass is 510 g/mol. The molecule has 1 aromatic heterocycles. The SMILES string of the molecule is COCCCNC(=O)C(C#N)=Cc1cn(-c2ccccc2)nc1-c1cccc(OCc2ccccc2F)c1. The Labute approximate surface area is 220 Å². The summed E-state index contributed by atoms with van der Waals surface area (Å²) in [6.07, 6.45) is 3.94. The van der Waals surface area contributed by atoms with Crippen LogP contribution in [0.1, 0.15) is 17.5 Å². The zero-order valence-electron chi connectivity index (χ0n) is 20.9. The van der Waals surface area contributed by atoms with Gasteiger partial charge in [-0.05, 0) is 42.8 Å². The molecular formula is C30H27FN4O3. The summed E-state index contributed by atoms with van der Waals surface area (Å²) in [6.45, 7) is 0.974. The number of hydrogen-bond acceptors (Lipinski definition) is 5. The van der Waals surface area contributed by atoms with Crippen LogP contribution < -0.4 is 10.1 Å².